The van der Waals surface area contributed by atoms with Gasteiger partial charge in [-0.3, -0.25) is 4.79 Å². The van der Waals surface area contributed by atoms with E-state index in [4.69, 9.17) is 5.11 Å². The molecule has 0 aromatic heterocycles. The van der Waals surface area contributed by atoms with Crippen molar-refractivity contribution in [3.8, 4) is 0 Å². The van der Waals surface area contributed by atoms with Crippen molar-refractivity contribution in [2.24, 2.45) is 11.3 Å². The maximum absolute atomic E-state index is 13.2. The van der Waals surface area contributed by atoms with Gasteiger partial charge in [0.1, 0.15) is 11.6 Å². The second-order valence-corrected chi connectivity index (χ2v) is 3.43. The molecule has 1 rings (SSSR count). The Morgan fingerprint density at radius 3 is 2.00 bits per heavy atom. The molecule has 0 radical (unpaired) electrons. The first-order valence-corrected chi connectivity index (χ1v) is 3.46. The van der Waals surface area contributed by atoms with Crippen LogP contribution in [-0.4, -0.2) is 23.2 Å². The van der Waals surface area contributed by atoms with Crippen molar-refractivity contribution in [1.29, 1.82) is 0 Å². The van der Waals surface area contributed by atoms with Crippen molar-refractivity contribution in [3.63, 3.8) is 0 Å². The summed E-state index contributed by atoms with van der Waals surface area (Å²) in [6.07, 6.45) is -2.94. The van der Waals surface area contributed by atoms with Gasteiger partial charge in [-0.05, 0) is 6.92 Å². The molecule has 0 bridgehead atoms. The summed E-state index contributed by atoms with van der Waals surface area (Å²) in [5, 5.41) is 8.40. The summed E-state index contributed by atoms with van der Waals surface area (Å²) in [7, 11) is 0. The lowest BCUT2D eigenvalue weighted by Gasteiger charge is -2.08. The number of aliphatic carboxylic acids is 1. The molecule has 0 saturated heterocycles. The van der Waals surface area contributed by atoms with Gasteiger partial charge in [0.2, 0.25) is 6.43 Å². The van der Waals surface area contributed by atoms with Crippen LogP contribution in [0.4, 0.5) is 13.2 Å². The summed E-state index contributed by atoms with van der Waals surface area (Å²) in [6.45, 7) is 1.86. The predicted molar refractivity (Wildman–Crippen MR) is 34.7 cm³/mol. The van der Waals surface area contributed by atoms with Gasteiger partial charge in [0.15, 0.2) is 0 Å². The lowest BCUT2D eigenvalue weighted by atomic mass is 10.1. The summed E-state index contributed by atoms with van der Waals surface area (Å²) in [6, 6.07) is 0. The van der Waals surface area contributed by atoms with Crippen LogP contribution in [0.25, 0.3) is 0 Å². The Balaban J connectivity index is 2.92. The molecule has 1 saturated carbocycles. The number of carboxylic acid groups (broad SMARTS) is 1. The molecule has 1 aliphatic rings. The zero-order chi connectivity index (χ0) is 9.73. The molecule has 2 nitrogen and oxygen atoms in total. The largest absolute Gasteiger partial charge is 0.481 e. The van der Waals surface area contributed by atoms with Crippen molar-refractivity contribution in [2.45, 2.75) is 25.9 Å². The molecule has 0 amide bonds. The fraction of sp³-hybridized carbons (Fsp3) is 0.857. The summed E-state index contributed by atoms with van der Waals surface area (Å²) in [4.78, 5) is 10.3. The van der Waals surface area contributed by atoms with Crippen LogP contribution in [0.3, 0.4) is 0 Å². The fourth-order valence-electron chi connectivity index (χ4n) is 1.61. The highest BCUT2D eigenvalue weighted by atomic mass is 19.3. The lowest BCUT2D eigenvalue weighted by Crippen LogP contribution is -2.17. The minimum absolute atomic E-state index is 0.901. The monoisotopic (exact) mass is 182 g/mol. The number of carbonyl (C=O) groups is 1. The van der Waals surface area contributed by atoms with Crippen molar-refractivity contribution < 1.29 is 23.1 Å². The van der Waals surface area contributed by atoms with Crippen molar-refractivity contribution in [2.75, 3.05) is 0 Å². The van der Waals surface area contributed by atoms with Gasteiger partial charge in [-0.1, -0.05) is 6.92 Å². The molecule has 0 aromatic rings. The van der Waals surface area contributed by atoms with Gasteiger partial charge in [-0.15, -0.1) is 0 Å². The van der Waals surface area contributed by atoms with Gasteiger partial charge in [0, 0.05) is 0 Å². The van der Waals surface area contributed by atoms with E-state index in [-0.39, 0.29) is 0 Å². The van der Waals surface area contributed by atoms with E-state index in [2.05, 4.69) is 0 Å². The normalized spacial score (nSPS) is 46.3. The van der Waals surface area contributed by atoms with E-state index in [9.17, 15) is 18.0 Å². The molecule has 0 aromatic carbocycles. The van der Waals surface area contributed by atoms with Gasteiger partial charge in [-0.2, -0.15) is 0 Å². The van der Waals surface area contributed by atoms with Crippen LogP contribution < -0.4 is 0 Å². The molecule has 5 heteroatoms. The van der Waals surface area contributed by atoms with Gasteiger partial charge < -0.3 is 5.11 Å². The third-order valence-electron chi connectivity index (χ3n) is 2.81. The van der Waals surface area contributed by atoms with Crippen molar-refractivity contribution >= 4 is 5.97 Å². The number of halogens is 3. The number of alkyl halides is 3. The zero-order valence-corrected chi connectivity index (χ0v) is 6.64. The quantitative estimate of drug-likeness (QED) is 0.705. The second kappa shape index (κ2) is 2.14. The molecular formula is C7H9F3O2. The van der Waals surface area contributed by atoms with Crippen molar-refractivity contribution in [1.82, 2.24) is 0 Å². The maximum Gasteiger partial charge on any atom is 0.310 e. The first-order chi connectivity index (χ1) is 5.26. The molecule has 12 heavy (non-hydrogen) atoms. The average Bonchev–Trinajstić information content (AvgIpc) is 2.28. The molecule has 0 spiro atoms. The van der Waals surface area contributed by atoms with Crippen LogP contribution in [-0.2, 0) is 4.79 Å². The third-order valence-corrected chi connectivity index (χ3v) is 2.81. The van der Waals surface area contributed by atoms with E-state index in [0.29, 0.717) is 0 Å². The van der Waals surface area contributed by atoms with Crippen molar-refractivity contribution in [3.05, 3.63) is 0 Å². The van der Waals surface area contributed by atoms with E-state index >= 15 is 0 Å². The van der Waals surface area contributed by atoms with Crippen LogP contribution in [0.1, 0.15) is 13.8 Å². The summed E-state index contributed by atoms with van der Waals surface area (Å²) in [5.74, 6) is -3.08. The smallest absolute Gasteiger partial charge is 0.310 e. The molecule has 70 valence electrons. The number of rotatable bonds is 2. The molecular weight excluding hydrogens is 173 g/mol. The topological polar surface area (TPSA) is 37.3 Å². The number of hydrogen-bond donors (Lipinski definition) is 1. The standard InChI is InChI=1S/C7H9F3O2/c1-6(5(8)9)3(4(11)12)7(6,2)10/h3,5H,1-2H3,(H,11,12). The van der Waals surface area contributed by atoms with Crippen LogP contribution in [0.5, 0.6) is 0 Å². The SMILES string of the molecule is CC1(F)C(C(=O)O)C1(C)C(F)F. The summed E-state index contributed by atoms with van der Waals surface area (Å²) >= 11 is 0. The second-order valence-electron chi connectivity index (χ2n) is 3.43. The van der Waals surface area contributed by atoms with Crippen LogP contribution >= 0.6 is 0 Å². The predicted octanol–water partition coefficient (Wildman–Crippen LogP) is 1.70. The Bertz CT molecular complexity index is 227. The number of carboxylic acids is 1. The van der Waals surface area contributed by atoms with E-state index in [1.807, 2.05) is 0 Å². The van der Waals surface area contributed by atoms with Gasteiger partial charge in [0.25, 0.3) is 0 Å². The maximum atomic E-state index is 13.2. The van der Waals surface area contributed by atoms with E-state index in [1.165, 1.54) is 0 Å². The summed E-state index contributed by atoms with van der Waals surface area (Å²) < 4.78 is 37.6. The average molecular weight is 182 g/mol. The lowest BCUT2D eigenvalue weighted by molar-refractivity contribution is -0.140. The van der Waals surface area contributed by atoms with E-state index in [0.717, 1.165) is 13.8 Å². The first-order valence-electron chi connectivity index (χ1n) is 3.46. The molecule has 0 heterocycles. The fourth-order valence-corrected chi connectivity index (χ4v) is 1.61. The first kappa shape index (κ1) is 9.35. The Hall–Kier alpha value is -0.740. The molecule has 1 N–H and O–H groups in total. The zero-order valence-electron chi connectivity index (χ0n) is 6.64. The van der Waals surface area contributed by atoms with Crippen LogP contribution in [0.15, 0.2) is 0 Å². The summed E-state index contributed by atoms with van der Waals surface area (Å²) in [5.41, 5.74) is -4.30. The van der Waals surface area contributed by atoms with Gasteiger partial charge in [0.05, 0.1) is 5.41 Å². The Morgan fingerprint density at radius 2 is 1.92 bits per heavy atom. The minimum atomic E-state index is -2.94. The van der Waals surface area contributed by atoms with Crippen LogP contribution in [0.2, 0.25) is 0 Å². The van der Waals surface area contributed by atoms with Gasteiger partial charge >= 0.3 is 5.97 Å². The number of hydrogen-bond acceptors (Lipinski definition) is 1. The highest BCUT2D eigenvalue weighted by molar-refractivity contribution is 5.78. The van der Waals surface area contributed by atoms with E-state index < -0.39 is 29.4 Å². The molecule has 3 atom stereocenters. The third kappa shape index (κ3) is 0.791. The van der Waals surface area contributed by atoms with E-state index in [1.54, 1.807) is 0 Å². The Kier molecular flexibility index (Phi) is 1.67. The highest BCUT2D eigenvalue weighted by Gasteiger charge is 2.80. The Labute approximate surface area is 67.4 Å². The van der Waals surface area contributed by atoms with Crippen LogP contribution in [0, 0.1) is 11.3 Å². The minimum Gasteiger partial charge on any atom is -0.481 e. The molecule has 3 unspecified atom stereocenters. The molecule has 1 fully saturated rings. The highest BCUT2D eigenvalue weighted by Crippen LogP contribution is 2.67. The molecule has 0 aliphatic heterocycles. The molecule has 1 aliphatic carbocycles. The Morgan fingerprint density at radius 1 is 1.50 bits per heavy atom. The van der Waals surface area contributed by atoms with Gasteiger partial charge in [-0.25, -0.2) is 13.2 Å².